The number of rotatable bonds is 9. The maximum atomic E-state index is 13.4. The topological polar surface area (TPSA) is 111 Å². The summed E-state index contributed by atoms with van der Waals surface area (Å²) in [6.07, 6.45) is 10.0. The number of hydrogen-bond donors (Lipinski definition) is 2. The van der Waals surface area contributed by atoms with Crippen molar-refractivity contribution in [1.29, 1.82) is 0 Å². The summed E-state index contributed by atoms with van der Waals surface area (Å²) in [4.78, 5) is 25.4. The van der Waals surface area contributed by atoms with E-state index in [4.69, 9.17) is 15.5 Å². The molecule has 3 saturated carbocycles. The summed E-state index contributed by atoms with van der Waals surface area (Å²) in [5.41, 5.74) is 8.16. The van der Waals surface area contributed by atoms with Crippen molar-refractivity contribution in [2.24, 2.45) is 33.4 Å². The van der Waals surface area contributed by atoms with Gasteiger partial charge in [-0.1, -0.05) is 6.92 Å². The minimum absolute atomic E-state index is 0.138. The average molecular weight is 550 g/mol. The molecule has 0 bridgehead atoms. The highest BCUT2D eigenvalue weighted by atomic mass is 32.2. The van der Waals surface area contributed by atoms with Crippen LogP contribution in [0.5, 0.6) is 5.88 Å². The number of anilines is 1. The van der Waals surface area contributed by atoms with Crippen molar-refractivity contribution in [3.63, 3.8) is 0 Å². The molecule has 9 nitrogen and oxygen atoms in total. The lowest BCUT2D eigenvalue weighted by Crippen LogP contribution is -2.40. The lowest BCUT2D eigenvalue weighted by Gasteiger charge is -2.34. The third-order valence-electron chi connectivity index (χ3n) is 9.34. The van der Waals surface area contributed by atoms with Crippen molar-refractivity contribution in [3.05, 3.63) is 40.6 Å². The van der Waals surface area contributed by atoms with Crippen LogP contribution in [-0.4, -0.2) is 52.6 Å². The molecule has 6 rings (SSSR count). The summed E-state index contributed by atoms with van der Waals surface area (Å²) in [5.74, 6) is 2.89. The zero-order valence-corrected chi connectivity index (χ0v) is 24.3. The number of ether oxygens (including phenoxy) is 1. The summed E-state index contributed by atoms with van der Waals surface area (Å²) in [5, 5.41) is 4.68. The summed E-state index contributed by atoms with van der Waals surface area (Å²) in [6.45, 7) is 10.0. The van der Waals surface area contributed by atoms with Gasteiger partial charge in [0.1, 0.15) is 5.82 Å². The standard InChI is InChI=1S/C29H39N7O2S/c1-18-14-27(3,4)35(16-18)25-20(26(37)34-39-21(15-31-5)19(2)30)6-7-23(32-25)36-13-8-24(33-36)38-17-22-28(9-10-28)29(22)11-12-29/h6-8,13,15,18,22H,9-12,14,16-17,30H2,1-5H3,(H,34,37). The Balaban J connectivity index is 1.23. The first-order valence-corrected chi connectivity index (χ1v) is 14.8. The van der Waals surface area contributed by atoms with E-state index in [1.807, 2.05) is 24.4 Å². The first-order chi connectivity index (χ1) is 18.6. The fraction of sp³-hybridized carbons (Fsp3) is 0.586. The summed E-state index contributed by atoms with van der Waals surface area (Å²) >= 11 is 1.16. The Hall–Kier alpha value is -3.01. The molecular weight excluding hydrogens is 510 g/mol. The molecule has 39 heavy (non-hydrogen) atoms. The van der Waals surface area contributed by atoms with Crippen molar-refractivity contribution in [3.8, 4) is 11.7 Å². The largest absolute Gasteiger partial charge is 0.476 e. The summed E-state index contributed by atoms with van der Waals surface area (Å²) in [6, 6.07) is 5.57. The highest BCUT2D eigenvalue weighted by Gasteiger charge is 2.86. The molecule has 3 heterocycles. The molecule has 208 valence electrons. The molecule has 1 saturated heterocycles. The van der Waals surface area contributed by atoms with E-state index in [0.29, 0.717) is 56.3 Å². The Bertz CT molecular complexity index is 1330. The van der Waals surface area contributed by atoms with Gasteiger partial charge in [0, 0.05) is 49.2 Å². The molecule has 1 amide bonds. The van der Waals surface area contributed by atoms with Crippen LogP contribution in [-0.2, 0) is 0 Å². The third-order valence-corrected chi connectivity index (χ3v) is 10.3. The predicted molar refractivity (Wildman–Crippen MR) is 155 cm³/mol. The number of aromatic nitrogens is 3. The average Bonchev–Trinajstić information content (AvgIpc) is 3.84. The van der Waals surface area contributed by atoms with Crippen molar-refractivity contribution >= 4 is 29.9 Å². The van der Waals surface area contributed by atoms with Gasteiger partial charge in [-0.15, -0.1) is 5.10 Å². The SMILES string of the molecule is CN=CC(SNC(=O)c1ccc(-n2ccc(OCC3C4(CC4)C34CC4)n2)nc1N1CC(C)CC1(C)C)=C(C)N. The van der Waals surface area contributed by atoms with Crippen LogP contribution >= 0.6 is 11.9 Å². The number of allylic oxidation sites excluding steroid dienone is 2. The Labute approximate surface area is 234 Å². The second-order valence-electron chi connectivity index (χ2n) is 12.5. The highest BCUT2D eigenvalue weighted by Crippen LogP contribution is 2.92. The van der Waals surface area contributed by atoms with Crippen LogP contribution in [0.15, 0.2) is 40.0 Å². The predicted octanol–water partition coefficient (Wildman–Crippen LogP) is 4.73. The number of fused-ring (bicyclic) bond motifs is 1. The first kappa shape index (κ1) is 26.2. The number of hydrogen-bond acceptors (Lipinski definition) is 8. The van der Waals surface area contributed by atoms with Crippen LogP contribution in [0.4, 0.5) is 5.82 Å². The molecule has 2 aromatic rings. The van der Waals surface area contributed by atoms with Crippen LogP contribution in [0.3, 0.4) is 0 Å². The first-order valence-electron chi connectivity index (χ1n) is 13.9. The fourth-order valence-corrected chi connectivity index (χ4v) is 7.82. The number of nitrogens with one attached hydrogen (secondary N) is 1. The van der Waals surface area contributed by atoms with Crippen LogP contribution in [0.2, 0.25) is 0 Å². The normalized spacial score (nSPS) is 24.3. The summed E-state index contributed by atoms with van der Waals surface area (Å²) < 4.78 is 10.8. The van der Waals surface area contributed by atoms with Crippen molar-refractivity contribution < 1.29 is 9.53 Å². The lowest BCUT2D eigenvalue weighted by molar-refractivity contribution is 0.0984. The van der Waals surface area contributed by atoms with E-state index in [0.717, 1.165) is 31.5 Å². The number of amides is 1. The van der Waals surface area contributed by atoms with Gasteiger partial charge in [0.25, 0.3) is 5.91 Å². The van der Waals surface area contributed by atoms with E-state index < -0.39 is 0 Å². The smallest absolute Gasteiger partial charge is 0.265 e. The van der Waals surface area contributed by atoms with Gasteiger partial charge in [0.2, 0.25) is 5.88 Å². The van der Waals surface area contributed by atoms with E-state index in [9.17, 15) is 4.79 Å². The zero-order chi connectivity index (χ0) is 27.6. The van der Waals surface area contributed by atoms with Crippen LogP contribution in [0, 0.1) is 22.7 Å². The Morgan fingerprint density at radius 3 is 2.56 bits per heavy atom. The molecule has 3 N–H and O–H groups in total. The van der Waals surface area contributed by atoms with Gasteiger partial charge in [-0.05, 0) is 93.7 Å². The third kappa shape index (κ3) is 4.50. The van der Waals surface area contributed by atoms with Crippen molar-refractivity contribution in [2.75, 3.05) is 25.1 Å². The molecule has 1 aliphatic heterocycles. The molecule has 0 aromatic carbocycles. The quantitative estimate of drug-likeness (QED) is 0.344. The molecule has 10 heteroatoms. The van der Waals surface area contributed by atoms with Gasteiger partial charge in [0.15, 0.2) is 5.82 Å². The monoisotopic (exact) mass is 549 g/mol. The molecule has 1 atom stereocenters. The second kappa shape index (κ2) is 9.28. The van der Waals surface area contributed by atoms with Gasteiger partial charge in [-0.3, -0.25) is 14.5 Å². The van der Waals surface area contributed by atoms with Crippen LogP contribution in [0.1, 0.15) is 70.2 Å². The van der Waals surface area contributed by atoms with Crippen LogP contribution < -0.4 is 20.1 Å². The number of nitrogens with two attached hydrogens (primary N) is 1. The second-order valence-corrected chi connectivity index (χ2v) is 13.4. The van der Waals surface area contributed by atoms with Gasteiger partial charge in [-0.25, -0.2) is 9.67 Å². The van der Waals surface area contributed by atoms with E-state index >= 15 is 0 Å². The van der Waals surface area contributed by atoms with E-state index in [-0.39, 0.29) is 11.4 Å². The highest BCUT2D eigenvalue weighted by molar-refractivity contribution is 8.02. The van der Waals surface area contributed by atoms with E-state index in [1.54, 1.807) is 24.9 Å². The van der Waals surface area contributed by atoms with Crippen LogP contribution in [0.25, 0.3) is 5.82 Å². The number of pyridine rings is 1. The zero-order valence-electron chi connectivity index (χ0n) is 23.5. The number of nitrogens with zero attached hydrogens (tertiary/aromatic N) is 5. The Morgan fingerprint density at radius 2 is 1.97 bits per heavy atom. The molecule has 2 spiro atoms. The van der Waals surface area contributed by atoms with Gasteiger partial charge < -0.3 is 15.4 Å². The molecule has 4 aliphatic rings. The number of aliphatic imine (C=N–C) groups is 1. The van der Waals surface area contributed by atoms with E-state index in [1.165, 1.54) is 25.7 Å². The lowest BCUT2D eigenvalue weighted by atomic mass is 9.97. The van der Waals surface area contributed by atoms with Gasteiger partial charge in [-0.2, -0.15) is 0 Å². The van der Waals surface area contributed by atoms with Gasteiger partial charge >= 0.3 is 0 Å². The number of carbonyl (C=O) groups is 1. The van der Waals surface area contributed by atoms with Gasteiger partial charge in [0.05, 0.1) is 17.1 Å². The van der Waals surface area contributed by atoms with E-state index in [2.05, 4.69) is 40.5 Å². The molecule has 4 fully saturated rings. The maximum Gasteiger partial charge on any atom is 0.265 e. The molecular formula is C29H39N7O2S. The minimum atomic E-state index is -0.232. The fourth-order valence-electron chi connectivity index (χ4n) is 7.19. The Morgan fingerprint density at radius 1 is 1.26 bits per heavy atom. The maximum absolute atomic E-state index is 13.4. The molecule has 2 aromatic heterocycles. The minimum Gasteiger partial charge on any atom is -0.476 e. The number of carbonyl (C=O) groups excluding carboxylic acids is 1. The van der Waals surface area contributed by atoms with Crippen molar-refractivity contribution in [1.82, 2.24) is 19.5 Å². The van der Waals surface area contributed by atoms with Crippen molar-refractivity contribution in [2.45, 2.75) is 65.3 Å². The molecule has 3 aliphatic carbocycles. The molecule has 0 radical (unpaired) electrons. The molecule has 1 unspecified atom stereocenters. The Kier molecular flexibility index (Phi) is 6.24. The summed E-state index contributed by atoms with van der Waals surface area (Å²) in [7, 11) is 1.67.